The van der Waals surface area contributed by atoms with E-state index in [1.54, 1.807) is 4.90 Å². The molecule has 2 atom stereocenters. The molecule has 2 rings (SSSR count). The summed E-state index contributed by atoms with van der Waals surface area (Å²) >= 11 is 0. The maximum absolute atomic E-state index is 12.1. The number of alkyl carbamates (subject to hydrolysis) is 1. The fourth-order valence-corrected chi connectivity index (χ4v) is 3.04. The number of hydrogen-bond donors (Lipinski definition) is 1. The molecule has 23 heavy (non-hydrogen) atoms. The van der Waals surface area contributed by atoms with E-state index in [0.717, 1.165) is 32.8 Å². The summed E-state index contributed by atoms with van der Waals surface area (Å²) in [6, 6.07) is 0.223. The largest absolute Gasteiger partial charge is 0.453 e. The van der Waals surface area contributed by atoms with Crippen LogP contribution in [0.25, 0.3) is 0 Å². The van der Waals surface area contributed by atoms with E-state index in [0.29, 0.717) is 6.54 Å². The van der Waals surface area contributed by atoms with Gasteiger partial charge < -0.3 is 14.4 Å². The zero-order chi connectivity index (χ0) is 17.0. The first-order chi connectivity index (χ1) is 10.9. The normalized spacial score (nSPS) is 22.8. The molecule has 1 aliphatic carbocycles. The van der Waals surface area contributed by atoms with Gasteiger partial charge in [0, 0.05) is 19.0 Å². The van der Waals surface area contributed by atoms with E-state index in [9.17, 15) is 19.2 Å². The third-order valence-corrected chi connectivity index (χ3v) is 4.33. The minimum Gasteiger partial charge on any atom is -0.453 e. The van der Waals surface area contributed by atoms with Gasteiger partial charge in [-0.2, -0.15) is 0 Å². The van der Waals surface area contributed by atoms with Crippen molar-refractivity contribution in [1.29, 1.82) is 0 Å². The van der Waals surface area contributed by atoms with Gasteiger partial charge in [-0.3, -0.25) is 19.7 Å². The second-order valence-electron chi connectivity index (χ2n) is 5.95. The fraction of sp³-hybridized carbons (Fsp3) is 0.733. The van der Waals surface area contributed by atoms with Crippen LogP contribution in [0.1, 0.15) is 39.0 Å². The van der Waals surface area contributed by atoms with Crippen LogP contribution in [0.2, 0.25) is 0 Å². The van der Waals surface area contributed by atoms with Crippen molar-refractivity contribution >= 4 is 23.9 Å². The second kappa shape index (κ2) is 7.43. The van der Waals surface area contributed by atoms with E-state index < -0.39 is 30.0 Å². The molecule has 3 amide bonds. The molecule has 1 saturated heterocycles. The summed E-state index contributed by atoms with van der Waals surface area (Å²) in [5.74, 6) is -1.95. The molecule has 8 nitrogen and oxygen atoms in total. The average molecular weight is 326 g/mol. The van der Waals surface area contributed by atoms with Crippen LogP contribution in [0.15, 0.2) is 0 Å². The van der Waals surface area contributed by atoms with E-state index in [-0.39, 0.29) is 18.4 Å². The summed E-state index contributed by atoms with van der Waals surface area (Å²) in [6.07, 6.45) is 2.23. The van der Waals surface area contributed by atoms with E-state index in [4.69, 9.17) is 4.74 Å². The number of carbonyl (C=O) groups excluding carboxylic acids is 4. The first-order valence-electron chi connectivity index (χ1n) is 7.81. The third-order valence-electron chi connectivity index (χ3n) is 4.33. The molecule has 2 fully saturated rings. The van der Waals surface area contributed by atoms with Crippen LogP contribution in [0, 0.1) is 5.92 Å². The van der Waals surface area contributed by atoms with E-state index in [1.165, 1.54) is 6.92 Å². The van der Waals surface area contributed by atoms with Crippen LogP contribution < -0.4 is 5.32 Å². The van der Waals surface area contributed by atoms with Crippen LogP contribution in [-0.4, -0.2) is 54.6 Å². The number of likely N-dealkylation sites (tertiary alicyclic amines) is 1. The Morgan fingerprint density at radius 3 is 2.52 bits per heavy atom. The van der Waals surface area contributed by atoms with Gasteiger partial charge >= 0.3 is 12.1 Å². The predicted molar refractivity (Wildman–Crippen MR) is 78.2 cm³/mol. The SMILES string of the molecule is COC(=O)NC(=O)[C@@H](C)OC(=O)[C@@H]1CC(=O)N(C2CCCC2)C1. The van der Waals surface area contributed by atoms with E-state index in [2.05, 4.69) is 4.74 Å². The molecule has 8 heteroatoms. The van der Waals surface area contributed by atoms with Crippen LogP contribution in [0.5, 0.6) is 0 Å². The standard InChI is InChI=1S/C15H22N2O6/c1-9(13(19)16-15(21)22-2)23-14(20)10-7-12(18)17(8-10)11-5-3-4-6-11/h9-11H,3-8H2,1-2H3,(H,16,19,21)/t9-,10-/m1/s1. The first-order valence-corrected chi connectivity index (χ1v) is 7.81. The van der Waals surface area contributed by atoms with Gasteiger partial charge in [-0.15, -0.1) is 0 Å². The zero-order valence-electron chi connectivity index (χ0n) is 13.4. The Hall–Kier alpha value is -2.12. The lowest BCUT2D eigenvalue weighted by molar-refractivity contribution is -0.158. The molecule has 1 aliphatic heterocycles. The molecule has 0 bridgehead atoms. The minimum absolute atomic E-state index is 0.0366. The molecule has 0 aromatic heterocycles. The number of carbonyl (C=O) groups is 4. The lowest BCUT2D eigenvalue weighted by Crippen LogP contribution is -2.40. The highest BCUT2D eigenvalue weighted by molar-refractivity contribution is 5.95. The van der Waals surface area contributed by atoms with Crippen LogP contribution in [0.3, 0.4) is 0 Å². The molecule has 0 radical (unpaired) electrons. The number of amides is 3. The van der Waals surface area contributed by atoms with Crippen molar-refractivity contribution in [2.24, 2.45) is 5.92 Å². The molecular weight excluding hydrogens is 304 g/mol. The van der Waals surface area contributed by atoms with Crippen molar-refractivity contribution in [2.45, 2.75) is 51.2 Å². The maximum atomic E-state index is 12.1. The Morgan fingerprint density at radius 2 is 1.91 bits per heavy atom. The van der Waals surface area contributed by atoms with E-state index in [1.807, 2.05) is 5.32 Å². The third kappa shape index (κ3) is 4.20. The number of rotatable bonds is 4. The second-order valence-corrected chi connectivity index (χ2v) is 5.95. The summed E-state index contributed by atoms with van der Waals surface area (Å²) in [6.45, 7) is 1.70. The van der Waals surface area contributed by atoms with Crippen molar-refractivity contribution in [3.05, 3.63) is 0 Å². The van der Waals surface area contributed by atoms with Crippen molar-refractivity contribution in [3.8, 4) is 0 Å². The Kier molecular flexibility index (Phi) is 5.57. The highest BCUT2D eigenvalue weighted by Gasteiger charge is 2.40. The summed E-state index contributed by atoms with van der Waals surface area (Å²) in [5, 5.41) is 1.93. The lowest BCUT2D eigenvalue weighted by Gasteiger charge is -2.24. The Bertz CT molecular complexity index is 500. The smallest absolute Gasteiger partial charge is 0.413 e. The summed E-state index contributed by atoms with van der Waals surface area (Å²) in [5.41, 5.74) is 0. The fourth-order valence-electron chi connectivity index (χ4n) is 3.04. The van der Waals surface area contributed by atoms with Gasteiger partial charge in [0.25, 0.3) is 5.91 Å². The molecular formula is C15H22N2O6. The molecule has 0 aromatic carbocycles. The first kappa shape index (κ1) is 17.2. The highest BCUT2D eigenvalue weighted by Crippen LogP contribution is 2.30. The van der Waals surface area contributed by atoms with Gasteiger partial charge in [0.15, 0.2) is 6.10 Å². The van der Waals surface area contributed by atoms with Gasteiger partial charge in [0.2, 0.25) is 5.91 Å². The van der Waals surface area contributed by atoms with Gasteiger partial charge in [-0.05, 0) is 19.8 Å². The topological polar surface area (TPSA) is 102 Å². The predicted octanol–water partition coefficient (Wildman–Crippen LogP) is 0.592. The van der Waals surface area contributed by atoms with Gasteiger partial charge in [0.05, 0.1) is 13.0 Å². The molecule has 0 aromatic rings. The minimum atomic E-state index is -1.13. The number of imide groups is 1. The van der Waals surface area contributed by atoms with Crippen molar-refractivity contribution in [2.75, 3.05) is 13.7 Å². The monoisotopic (exact) mass is 326 g/mol. The molecule has 1 heterocycles. The number of hydrogen-bond acceptors (Lipinski definition) is 6. The number of ether oxygens (including phenoxy) is 2. The summed E-state index contributed by atoms with van der Waals surface area (Å²) in [4.78, 5) is 48.5. The molecule has 0 spiro atoms. The van der Waals surface area contributed by atoms with Crippen LogP contribution >= 0.6 is 0 Å². The Morgan fingerprint density at radius 1 is 1.26 bits per heavy atom. The van der Waals surface area contributed by atoms with E-state index >= 15 is 0 Å². The quantitative estimate of drug-likeness (QED) is 0.759. The molecule has 1 saturated carbocycles. The number of esters is 1. The van der Waals surface area contributed by atoms with Crippen molar-refractivity contribution in [3.63, 3.8) is 0 Å². The average Bonchev–Trinajstić information content (AvgIpc) is 3.15. The van der Waals surface area contributed by atoms with Crippen molar-refractivity contribution in [1.82, 2.24) is 10.2 Å². The number of nitrogens with zero attached hydrogens (tertiary/aromatic N) is 1. The van der Waals surface area contributed by atoms with Gasteiger partial charge in [-0.25, -0.2) is 4.79 Å². The molecule has 1 N–H and O–H groups in total. The van der Waals surface area contributed by atoms with Gasteiger partial charge in [-0.1, -0.05) is 12.8 Å². The van der Waals surface area contributed by atoms with Crippen LogP contribution in [0.4, 0.5) is 4.79 Å². The molecule has 2 aliphatic rings. The Balaban J connectivity index is 1.85. The maximum Gasteiger partial charge on any atom is 0.413 e. The summed E-state index contributed by atoms with van der Waals surface area (Å²) < 4.78 is 9.36. The molecule has 0 unspecified atom stereocenters. The van der Waals surface area contributed by atoms with Crippen LogP contribution in [-0.2, 0) is 23.9 Å². The number of nitrogens with one attached hydrogen (secondary N) is 1. The van der Waals surface area contributed by atoms with Gasteiger partial charge in [0.1, 0.15) is 0 Å². The number of methoxy groups -OCH3 is 1. The lowest BCUT2D eigenvalue weighted by atomic mass is 10.1. The zero-order valence-corrected chi connectivity index (χ0v) is 13.4. The Labute approximate surface area is 134 Å². The highest BCUT2D eigenvalue weighted by atomic mass is 16.6. The summed E-state index contributed by atoms with van der Waals surface area (Å²) in [7, 11) is 1.13. The van der Waals surface area contributed by atoms with Crippen molar-refractivity contribution < 1.29 is 28.7 Å². The molecule has 128 valence electrons.